The first-order chi connectivity index (χ1) is 11.6. The van der Waals surface area contributed by atoms with E-state index in [0.29, 0.717) is 12.4 Å². The molecule has 0 atom stereocenters. The molecule has 0 spiro atoms. The fourth-order valence-electron chi connectivity index (χ4n) is 2.92. The van der Waals surface area contributed by atoms with Gasteiger partial charge in [0.25, 0.3) is 0 Å². The fourth-order valence-corrected chi connectivity index (χ4v) is 2.92. The Labute approximate surface area is 142 Å². The van der Waals surface area contributed by atoms with Crippen molar-refractivity contribution in [1.29, 1.82) is 0 Å². The van der Waals surface area contributed by atoms with Crippen molar-refractivity contribution in [2.45, 2.75) is 19.3 Å². The van der Waals surface area contributed by atoms with Crippen molar-refractivity contribution in [3.8, 4) is 0 Å². The highest BCUT2D eigenvalue weighted by molar-refractivity contribution is 5.88. The van der Waals surface area contributed by atoms with Crippen LogP contribution in [-0.4, -0.2) is 48.1 Å². The summed E-state index contributed by atoms with van der Waals surface area (Å²) in [5.74, 6) is 1.29. The number of anilines is 2. The first kappa shape index (κ1) is 16.2. The Balaban J connectivity index is 1.66. The molecule has 0 fully saturated rings. The number of nitrogens with one attached hydrogen (secondary N) is 1. The van der Waals surface area contributed by atoms with Gasteiger partial charge in [-0.15, -0.1) is 0 Å². The van der Waals surface area contributed by atoms with E-state index in [2.05, 4.69) is 39.6 Å². The molecule has 0 saturated carbocycles. The lowest BCUT2D eigenvalue weighted by Gasteiger charge is -2.26. The quantitative estimate of drug-likeness (QED) is 0.922. The van der Waals surface area contributed by atoms with Gasteiger partial charge in [0.05, 0.1) is 0 Å². The summed E-state index contributed by atoms with van der Waals surface area (Å²) in [5.41, 5.74) is 2.75. The van der Waals surface area contributed by atoms with Gasteiger partial charge >= 0.3 is 6.03 Å². The highest BCUT2D eigenvalue weighted by Crippen LogP contribution is 2.17. The topological polar surface area (TPSA) is 61.4 Å². The van der Waals surface area contributed by atoms with E-state index in [1.165, 1.54) is 17.5 Å². The molecule has 6 heteroatoms. The summed E-state index contributed by atoms with van der Waals surface area (Å²) in [5, 5.41) is 2.89. The number of aryl methyl sites for hydroxylation is 1. The first-order valence-electron chi connectivity index (χ1n) is 8.25. The monoisotopic (exact) mass is 325 g/mol. The van der Waals surface area contributed by atoms with Crippen molar-refractivity contribution in [1.82, 2.24) is 14.9 Å². The number of hydrogen-bond donors (Lipinski definition) is 1. The molecule has 1 aromatic heterocycles. The minimum absolute atomic E-state index is 0.0993. The molecule has 0 bridgehead atoms. The van der Waals surface area contributed by atoms with E-state index in [9.17, 15) is 4.79 Å². The van der Waals surface area contributed by atoms with Crippen LogP contribution in [0.25, 0.3) is 0 Å². The second-order valence-electron chi connectivity index (χ2n) is 6.20. The van der Waals surface area contributed by atoms with Gasteiger partial charge in [0, 0.05) is 33.3 Å². The Hall–Kier alpha value is -2.63. The van der Waals surface area contributed by atoms with Crippen molar-refractivity contribution in [3.63, 3.8) is 0 Å². The van der Waals surface area contributed by atoms with Crippen LogP contribution in [0.2, 0.25) is 0 Å². The van der Waals surface area contributed by atoms with Crippen LogP contribution in [0.3, 0.4) is 0 Å². The van der Waals surface area contributed by atoms with Gasteiger partial charge in [-0.05, 0) is 30.4 Å². The second-order valence-corrected chi connectivity index (χ2v) is 6.20. The molecule has 1 aliphatic rings. The maximum absolute atomic E-state index is 12.6. The van der Waals surface area contributed by atoms with Crippen LogP contribution < -0.4 is 10.2 Å². The summed E-state index contributed by atoms with van der Waals surface area (Å²) < 4.78 is 0. The number of carbonyl (C=O) groups is 1. The number of hydrogen-bond acceptors (Lipinski definition) is 4. The SMILES string of the molecule is CN(C)c1cc(NC(=O)N2CCCc3ccccc3CC2)ncn1. The molecule has 0 saturated heterocycles. The minimum atomic E-state index is -0.0993. The molecule has 0 unspecified atom stereocenters. The summed E-state index contributed by atoms with van der Waals surface area (Å²) in [4.78, 5) is 24.6. The van der Waals surface area contributed by atoms with Gasteiger partial charge in [-0.3, -0.25) is 5.32 Å². The fraction of sp³-hybridized carbons (Fsp3) is 0.389. The van der Waals surface area contributed by atoms with Gasteiger partial charge in [0.15, 0.2) is 0 Å². The number of nitrogens with zero attached hydrogens (tertiary/aromatic N) is 4. The lowest BCUT2D eigenvalue weighted by Crippen LogP contribution is -2.38. The molecule has 126 valence electrons. The van der Waals surface area contributed by atoms with E-state index in [-0.39, 0.29) is 6.03 Å². The average molecular weight is 325 g/mol. The first-order valence-corrected chi connectivity index (χ1v) is 8.25. The van der Waals surface area contributed by atoms with Crippen LogP contribution in [0.15, 0.2) is 36.7 Å². The zero-order valence-electron chi connectivity index (χ0n) is 14.2. The van der Waals surface area contributed by atoms with Crippen LogP contribution >= 0.6 is 0 Å². The van der Waals surface area contributed by atoms with Gasteiger partial charge < -0.3 is 9.80 Å². The average Bonchev–Trinajstić information content (AvgIpc) is 2.56. The molecular weight excluding hydrogens is 302 g/mol. The minimum Gasteiger partial charge on any atom is -0.363 e. The summed E-state index contributed by atoms with van der Waals surface area (Å²) in [7, 11) is 3.81. The highest BCUT2D eigenvalue weighted by atomic mass is 16.2. The van der Waals surface area contributed by atoms with Crippen LogP contribution in [0.4, 0.5) is 16.4 Å². The predicted molar refractivity (Wildman–Crippen MR) is 95.4 cm³/mol. The normalized spacial score (nSPS) is 14.3. The number of aromatic nitrogens is 2. The van der Waals surface area contributed by atoms with Gasteiger partial charge in [-0.25, -0.2) is 14.8 Å². The molecule has 1 N–H and O–H groups in total. The predicted octanol–water partition coefficient (Wildman–Crippen LogP) is 2.57. The maximum atomic E-state index is 12.6. The molecule has 3 rings (SSSR count). The number of carbonyl (C=O) groups excluding carboxylic acids is 1. The van der Waals surface area contributed by atoms with E-state index in [0.717, 1.165) is 31.6 Å². The van der Waals surface area contributed by atoms with E-state index < -0.39 is 0 Å². The second kappa shape index (κ2) is 7.29. The summed E-state index contributed by atoms with van der Waals surface area (Å²) in [6.45, 7) is 1.47. The summed E-state index contributed by atoms with van der Waals surface area (Å²) >= 11 is 0. The number of fused-ring (bicyclic) bond motifs is 1. The van der Waals surface area contributed by atoms with Crippen LogP contribution in [0.1, 0.15) is 17.5 Å². The smallest absolute Gasteiger partial charge is 0.323 e. The molecule has 6 nitrogen and oxygen atoms in total. The zero-order valence-corrected chi connectivity index (χ0v) is 14.2. The Bertz CT molecular complexity index is 716. The number of benzene rings is 1. The Morgan fingerprint density at radius 2 is 1.88 bits per heavy atom. The van der Waals surface area contributed by atoms with Crippen LogP contribution in [-0.2, 0) is 12.8 Å². The zero-order chi connectivity index (χ0) is 16.9. The van der Waals surface area contributed by atoms with Crippen molar-refractivity contribution < 1.29 is 4.79 Å². The van der Waals surface area contributed by atoms with Crippen LogP contribution in [0, 0.1) is 0 Å². The lowest BCUT2D eigenvalue weighted by atomic mass is 9.98. The molecule has 0 radical (unpaired) electrons. The molecule has 24 heavy (non-hydrogen) atoms. The van der Waals surface area contributed by atoms with Crippen molar-refractivity contribution in [3.05, 3.63) is 47.8 Å². The van der Waals surface area contributed by atoms with E-state index in [1.807, 2.05) is 23.9 Å². The van der Waals surface area contributed by atoms with Crippen molar-refractivity contribution >= 4 is 17.7 Å². The largest absolute Gasteiger partial charge is 0.363 e. The molecular formula is C18H23N5O. The van der Waals surface area contributed by atoms with E-state index >= 15 is 0 Å². The van der Waals surface area contributed by atoms with E-state index in [4.69, 9.17) is 0 Å². The summed E-state index contributed by atoms with van der Waals surface area (Å²) in [6.07, 6.45) is 4.33. The molecule has 2 heterocycles. The molecule has 0 aliphatic carbocycles. The molecule has 2 amide bonds. The Morgan fingerprint density at radius 3 is 2.62 bits per heavy atom. The van der Waals surface area contributed by atoms with Crippen LogP contribution in [0.5, 0.6) is 0 Å². The third-order valence-corrected chi connectivity index (χ3v) is 4.28. The van der Waals surface area contributed by atoms with Gasteiger partial charge in [-0.1, -0.05) is 24.3 Å². The molecule has 2 aromatic rings. The highest BCUT2D eigenvalue weighted by Gasteiger charge is 2.17. The maximum Gasteiger partial charge on any atom is 0.323 e. The molecule has 1 aromatic carbocycles. The summed E-state index contributed by atoms with van der Waals surface area (Å²) in [6, 6.07) is 10.2. The van der Waals surface area contributed by atoms with Gasteiger partial charge in [0.2, 0.25) is 0 Å². The van der Waals surface area contributed by atoms with Crippen molar-refractivity contribution in [2.75, 3.05) is 37.4 Å². The third-order valence-electron chi connectivity index (χ3n) is 4.28. The Morgan fingerprint density at radius 1 is 1.12 bits per heavy atom. The number of urea groups is 1. The standard InChI is InChI=1S/C18H23N5O/c1-22(2)17-12-16(19-13-20-17)21-18(24)23-10-5-8-14-6-3-4-7-15(14)9-11-23/h3-4,6-7,12-13H,5,8-11H2,1-2H3,(H,19,20,21,24). The third kappa shape index (κ3) is 3.82. The van der Waals surface area contributed by atoms with Crippen molar-refractivity contribution in [2.24, 2.45) is 0 Å². The lowest BCUT2D eigenvalue weighted by molar-refractivity contribution is 0.210. The Kier molecular flexibility index (Phi) is 4.93. The molecule has 1 aliphatic heterocycles. The van der Waals surface area contributed by atoms with Gasteiger partial charge in [-0.2, -0.15) is 0 Å². The van der Waals surface area contributed by atoms with E-state index in [1.54, 1.807) is 6.07 Å². The van der Waals surface area contributed by atoms with Gasteiger partial charge in [0.1, 0.15) is 18.0 Å². The number of amides is 2. The number of rotatable bonds is 2.